The van der Waals surface area contributed by atoms with Crippen LogP contribution in [-0.2, 0) is 4.79 Å². The highest BCUT2D eigenvalue weighted by Crippen LogP contribution is 2.21. The molecule has 9 heteroatoms. The Morgan fingerprint density at radius 1 is 1.24 bits per heavy atom. The number of nitrogens with one attached hydrogen (secondary N) is 3. The van der Waals surface area contributed by atoms with Crippen molar-refractivity contribution in [2.45, 2.75) is 24.9 Å². The molecule has 0 saturated heterocycles. The SMILES string of the molecule is Cc1nc(SCCNC(=O)[C@@H](C)c2n[nH]c(=O)c3ccccc23)n[nH]1. The molecule has 0 bridgehead atoms. The summed E-state index contributed by atoms with van der Waals surface area (Å²) >= 11 is 1.46. The first-order valence-corrected chi connectivity index (χ1v) is 8.81. The van der Waals surface area contributed by atoms with Crippen molar-refractivity contribution in [1.29, 1.82) is 0 Å². The summed E-state index contributed by atoms with van der Waals surface area (Å²) in [5, 5.41) is 18.1. The molecule has 25 heavy (non-hydrogen) atoms. The summed E-state index contributed by atoms with van der Waals surface area (Å²) in [6.45, 7) is 4.10. The predicted octanol–water partition coefficient (Wildman–Crippen LogP) is 1.36. The van der Waals surface area contributed by atoms with Crippen LogP contribution in [0.4, 0.5) is 0 Å². The summed E-state index contributed by atoms with van der Waals surface area (Å²) in [4.78, 5) is 28.4. The lowest BCUT2D eigenvalue weighted by atomic mass is 10.0. The second-order valence-corrected chi connectivity index (χ2v) is 6.61. The van der Waals surface area contributed by atoms with E-state index in [-0.39, 0.29) is 11.5 Å². The van der Waals surface area contributed by atoms with Gasteiger partial charge < -0.3 is 5.32 Å². The Bertz CT molecular complexity index is 951. The summed E-state index contributed by atoms with van der Waals surface area (Å²) in [6, 6.07) is 7.14. The number of benzene rings is 1. The largest absolute Gasteiger partial charge is 0.355 e. The molecule has 1 amide bonds. The molecular formula is C16H18N6O2S. The number of amides is 1. The van der Waals surface area contributed by atoms with Crippen LogP contribution in [0.5, 0.6) is 0 Å². The second kappa shape index (κ2) is 7.47. The summed E-state index contributed by atoms with van der Waals surface area (Å²) in [5.41, 5.74) is 0.301. The van der Waals surface area contributed by atoms with E-state index in [2.05, 4.69) is 30.7 Å². The third-order valence-corrected chi connectivity index (χ3v) is 4.59. The van der Waals surface area contributed by atoms with Gasteiger partial charge in [0, 0.05) is 17.7 Å². The molecule has 0 radical (unpaired) electrons. The first-order valence-electron chi connectivity index (χ1n) is 7.83. The molecule has 0 aliphatic rings. The van der Waals surface area contributed by atoms with Crippen molar-refractivity contribution in [3.63, 3.8) is 0 Å². The molecule has 1 atom stereocenters. The minimum absolute atomic E-state index is 0.142. The van der Waals surface area contributed by atoms with Crippen LogP contribution < -0.4 is 10.9 Å². The Labute approximate surface area is 147 Å². The monoisotopic (exact) mass is 358 g/mol. The van der Waals surface area contributed by atoms with E-state index in [0.717, 1.165) is 5.82 Å². The van der Waals surface area contributed by atoms with Gasteiger partial charge >= 0.3 is 0 Å². The molecule has 3 rings (SSSR count). The van der Waals surface area contributed by atoms with Crippen LogP contribution in [-0.4, -0.2) is 43.6 Å². The fraction of sp³-hybridized carbons (Fsp3) is 0.312. The molecule has 8 nitrogen and oxygen atoms in total. The second-order valence-electron chi connectivity index (χ2n) is 5.55. The molecule has 3 N–H and O–H groups in total. The van der Waals surface area contributed by atoms with Gasteiger partial charge in [-0.2, -0.15) is 5.10 Å². The molecule has 2 heterocycles. The van der Waals surface area contributed by atoms with E-state index < -0.39 is 5.92 Å². The number of rotatable bonds is 6. The van der Waals surface area contributed by atoms with Crippen molar-refractivity contribution >= 4 is 28.4 Å². The molecule has 0 spiro atoms. The van der Waals surface area contributed by atoms with Gasteiger partial charge in [-0.25, -0.2) is 10.1 Å². The molecule has 130 valence electrons. The Balaban J connectivity index is 1.63. The number of nitrogens with zero attached hydrogens (tertiary/aromatic N) is 3. The molecule has 0 aliphatic heterocycles. The topological polar surface area (TPSA) is 116 Å². The summed E-state index contributed by atoms with van der Waals surface area (Å²) in [7, 11) is 0. The third kappa shape index (κ3) is 3.87. The van der Waals surface area contributed by atoms with Crippen LogP contribution in [0, 0.1) is 6.92 Å². The molecule has 2 aromatic heterocycles. The number of carbonyl (C=O) groups is 1. The lowest BCUT2D eigenvalue weighted by molar-refractivity contribution is -0.122. The van der Waals surface area contributed by atoms with Gasteiger partial charge in [-0.3, -0.25) is 14.7 Å². The minimum Gasteiger partial charge on any atom is -0.355 e. The molecule has 0 fully saturated rings. The molecular weight excluding hydrogens is 340 g/mol. The van der Waals surface area contributed by atoms with E-state index in [0.29, 0.717) is 33.9 Å². The van der Waals surface area contributed by atoms with E-state index in [1.807, 2.05) is 13.0 Å². The van der Waals surface area contributed by atoms with Crippen LogP contribution in [0.2, 0.25) is 0 Å². The number of hydrogen-bond donors (Lipinski definition) is 3. The van der Waals surface area contributed by atoms with Crippen LogP contribution >= 0.6 is 11.8 Å². The third-order valence-electron chi connectivity index (χ3n) is 3.74. The van der Waals surface area contributed by atoms with E-state index in [9.17, 15) is 9.59 Å². The Hall–Kier alpha value is -2.68. The smallest absolute Gasteiger partial charge is 0.272 e. The fourth-order valence-corrected chi connectivity index (χ4v) is 3.14. The van der Waals surface area contributed by atoms with Crippen LogP contribution in [0.15, 0.2) is 34.2 Å². The summed E-state index contributed by atoms with van der Waals surface area (Å²) in [5.74, 6) is 0.806. The van der Waals surface area contributed by atoms with Crippen molar-refractivity contribution in [3.05, 3.63) is 46.1 Å². The highest BCUT2D eigenvalue weighted by molar-refractivity contribution is 7.99. The van der Waals surface area contributed by atoms with E-state index in [4.69, 9.17) is 0 Å². The Morgan fingerprint density at radius 2 is 2.00 bits per heavy atom. The maximum atomic E-state index is 12.4. The molecule has 0 unspecified atom stereocenters. The van der Waals surface area contributed by atoms with Crippen LogP contribution in [0.25, 0.3) is 10.8 Å². The Morgan fingerprint density at radius 3 is 2.72 bits per heavy atom. The van der Waals surface area contributed by atoms with Gasteiger partial charge in [0.05, 0.1) is 17.0 Å². The first-order chi connectivity index (χ1) is 12.1. The number of aryl methyl sites for hydroxylation is 1. The maximum Gasteiger partial charge on any atom is 0.272 e. The lowest BCUT2D eigenvalue weighted by Crippen LogP contribution is -2.31. The zero-order valence-electron chi connectivity index (χ0n) is 13.9. The fourth-order valence-electron chi connectivity index (χ4n) is 2.45. The van der Waals surface area contributed by atoms with Gasteiger partial charge in [-0.15, -0.1) is 5.10 Å². The average molecular weight is 358 g/mol. The van der Waals surface area contributed by atoms with Gasteiger partial charge in [0.2, 0.25) is 11.1 Å². The van der Waals surface area contributed by atoms with Gasteiger partial charge in [-0.05, 0) is 19.9 Å². The zero-order valence-corrected chi connectivity index (χ0v) is 14.7. The molecule has 0 aliphatic carbocycles. The number of H-pyrrole nitrogens is 2. The highest BCUT2D eigenvalue weighted by atomic mass is 32.2. The van der Waals surface area contributed by atoms with Gasteiger partial charge in [0.15, 0.2) is 0 Å². The maximum absolute atomic E-state index is 12.4. The van der Waals surface area contributed by atoms with E-state index >= 15 is 0 Å². The van der Waals surface area contributed by atoms with E-state index in [1.54, 1.807) is 25.1 Å². The first kappa shape index (κ1) is 17.2. The van der Waals surface area contributed by atoms with Gasteiger partial charge in [0.1, 0.15) is 5.82 Å². The number of thioether (sulfide) groups is 1. The standard InChI is InChI=1S/C16H18N6O2S/c1-9(13-11-5-3-4-6-12(11)15(24)21-20-13)14(23)17-7-8-25-16-18-10(2)19-22-16/h3-6,9H,7-8H2,1-2H3,(H,17,23)(H,21,24)(H,18,19,22)/t9-/m0/s1. The average Bonchev–Trinajstić information content (AvgIpc) is 3.04. The molecule has 3 aromatic rings. The normalized spacial score (nSPS) is 12.2. The van der Waals surface area contributed by atoms with Crippen molar-refractivity contribution < 1.29 is 4.79 Å². The molecule has 1 aromatic carbocycles. The quantitative estimate of drug-likeness (QED) is 0.452. The van der Waals surface area contributed by atoms with Crippen molar-refractivity contribution in [3.8, 4) is 0 Å². The highest BCUT2D eigenvalue weighted by Gasteiger charge is 2.20. The van der Waals surface area contributed by atoms with Crippen molar-refractivity contribution in [2.75, 3.05) is 12.3 Å². The lowest BCUT2D eigenvalue weighted by Gasteiger charge is -2.13. The minimum atomic E-state index is -0.475. The summed E-state index contributed by atoms with van der Waals surface area (Å²) in [6.07, 6.45) is 0. The van der Waals surface area contributed by atoms with Crippen LogP contribution in [0.3, 0.4) is 0 Å². The van der Waals surface area contributed by atoms with E-state index in [1.165, 1.54) is 11.8 Å². The number of aromatic nitrogens is 5. The molecule has 0 saturated carbocycles. The number of fused-ring (bicyclic) bond motifs is 1. The van der Waals surface area contributed by atoms with Crippen molar-refractivity contribution in [1.82, 2.24) is 30.7 Å². The Kier molecular flexibility index (Phi) is 5.13. The van der Waals surface area contributed by atoms with Gasteiger partial charge in [0.25, 0.3) is 5.56 Å². The predicted molar refractivity (Wildman–Crippen MR) is 95.6 cm³/mol. The number of hydrogen-bond acceptors (Lipinski definition) is 6. The number of carbonyl (C=O) groups excluding carboxylic acids is 1. The van der Waals surface area contributed by atoms with Crippen LogP contribution in [0.1, 0.15) is 24.4 Å². The van der Waals surface area contributed by atoms with Gasteiger partial charge in [-0.1, -0.05) is 30.0 Å². The number of aromatic amines is 2. The summed E-state index contributed by atoms with van der Waals surface area (Å²) < 4.78 is 0. The zero-order chi connectivity index (χ0) is 17.8. The van der Waals surface area contributed by atoms with Crippen molar-refractivity contribution in [2.24, 2.45) is 0 Å².